The van der Waals surface area contributed by atoms with Crippen molar-refractivity contribution in [2.24, 2.45) is 0 Å². The molecular weight excluding hydrogens is 274 g/mol. The number of halogens is 3. The Balaban J connectivity index is 2.43. The number of rotatable bonds is 3. The number of methoxy groups -OCH3 is 1. The molecule has 2 aromatic rings. The van der Waals surface area contributed by atoms with Gasteiger partial charge in [-0.3, -0.25) is 0 Å². The number of hydrogen-bond donors (Lipinski definition) is 1. The molecule has 0 amide bonds. The van der Waals surface area contributed by atoms with Crippen molar-refractivity contribution in [2.75, 3.05) is 7.11 Å². The van der Waals surface area contributed by atoms with Crippen LogP contribution in [0.1, 0.15) is 17.2 Å². The summed E-state index contributed by atoms with van der Waals surface area (Å²) >= 11 is 5.82. The van der Waals surface area contributed by atoms with Crippen LogP contribution in [0, 0.1) is 11.6 Å². The van der Waals surface area contributed by atoms with Gasteiger partial charge in [0.2, 0.25) is 0 Å². The van der Waals surface area contributed by atoms with Crippen LogP contribution in [-0.2, 0) is 0 Å². The maximum Gasteiger partial charge on any atom is 0.159 e. The molecule has 0 heterocycles. The number of aliphatic hydroxyl groups is 1. The van der Waals surface area contributed by atoms with E-state index in [9.17, 15) is 13.9 Å². The molecule has 0 aromatic heterocycles. The Morgan fingerprint density at radius 3 is 2.47 bits per heavy atom. The zero-order valence-corrected chi connectivity index (χ0v) is 10.8. The minimum absolute atomic E-state index is 0.236. The molecule has 1 atom stereocenters. The molecule has 0 radical (unpaired) electrons. The van der Waals surface area contributed by atoms with Crippen LogP contribution in [0.4, 0.5) is 8.78 Å². The zero-order valence-electron chi connectivity index (χ0n) is 10.0. The lowest BCUT2D eigenvalue weighted by Gasteiger charge is -2.15. The summed E-state index contributed by atoms with van der Waals surface area (Å²) in [4.78, 5) is 0. The fraction of sp³-hybridized carbons (Fsp3) is 0.143. The Morgan fingerprint density at radius 1 is 1.11 bits per heavy atom. The maximum absolute atomic E-state index is 13.2. The molecular formula is C14H11ClF2O2. The molecule has 2 rings (SSSR count). The Labute approximate surface area is 114 Å². The van der Waals surface area contributed by atoms with Gasteiger partial charge in [-0.1, -0.05) is 23.7 Å². The van der Waals surface area contributed by atoms with Gasteiger partial charge in [0.15, 0.2) is 11.6 Å². The summed E-state index contributed by atoms with van der Waals surface area (Å²) in [5.41, 5.74) is 0.664. The second-order valence-electron chi connectivity index (χ2n) is 3.96. The van der Waals surface area contributed by atoms with Crippen molar-refractivity contribution in [3.05, 3.63) is 64.2 Å². The van der Waals surface area contributed by atoms with E-state index in [4.69, 9.17) is 16.3 Å². The normalized spacial score (nSPS) is 12.3. The molecule has 0 aliphatic rings. The summed E-state index contributed by atoms with van der Waals surface area (Å²) in [6.07, 6.45) is -1.12. The van der Waals surface area contributed by atoms with Crippen molar-refractivity contribution >= 4 is 11.6 Å². The van der Waals surface area contributed by atoms with Gasteiger partial charge in [0, 0.05) is 10.6 Å². The molecule has 0 aliphatic heterocycles. The quantitative estimate of drug-likeness (QED) is 0.931. The Kier molecular flexibility index (Phi) is 4.02. The van der Waals surface area contributed by atoms with Crippen LogP contribution in [0.15, 0.2) is 36.4 Å². The van der Waals surface area contributed by atoms with Gasteiger partial charge >= 0.3 is 0 Å². The van der Waals surface area contributed by atoms with E-state index in [0.717, 1.165) is 12.1 Å². The van der Waals surface area contributed by atoms with Crippen molar-refractivity contribution in [2.45, 2.75) is 6.10 Å². The van der Waals surface area contributed by atoms with Crippen LogP contribution in [0.5, 0.6) is 5.75 Å². The van der Waals surface area contributed by atoms with E-state index in [1.54, 1.807) is 18.2 Å². The largest absolute Gasteiger partial charge is 0.496 e. The fourth-order valence-corrected chi connectivity index (χ4v) is 1.93. The van der Waals surface area contributed by atoms with Crippen molar-refractivity contribution in [3.8, 4) is 5.75 Å². The summed E-state index contributed by atoms with van der Waals surface area (Å²) < 4.78 is 31.1. The highest BCUT2D eigenvalue weighted by Crippen LogP contribution is 2.32. The van der Waals surface area contributed by atoms with E-state index < -0.39 is 17.7 Å². The van der Waals surface area contributed by atoms with Crippen LogP contribution in [0.25, 0.3) is 0 Å². The van der Waals surface area contributed by atoms with Crippen molar-refractivity contribution < 1.29 is 18.6 Å². The van der Waals surface area contributed by atoms with E-state index in [2.05, 4.69) is 0 Å². The van der Waals surface area contributed by atoms with Crippen LogP contribution in [0.2, 0.25) is 5.02 Å². The molecule has 1 N–H and O–H groups in total. The van der Waals surface area contributed by atoms with Crippen molar-refractivity contribution in [3.63, 3.8) is 0 Å². The van der Waals surface area contributed by atoms with Gasteiger partial charge in [-0.05, 0) is 29.8 Å². The second kappa shape index (κ2) is 5.55. The van der Waals surface area contributed by atoms with Crippen LogP contribution >= 0.6 is 11.6 Å². The average Bonchev–Trinajstić information content (AvgIpc) is 2.41. The van der Waals surface area contributed by atoms with Gasteiger partial charge in [-0.15, -0.1) is 0 Å². The van der Waals surface area contributed by atoms with Gasteiger partial charge in [0.05, 0.1) is 7.11 Å². The van der Waals surface area contributed by atoms with E-state index in [-0.39, 0.29) is 5.56 Å². The van der Waals surface area contributed by atoms with Gasteiger partial charge in [-0.2, -0.15) is 0 Å². The molecule has 2 aromatic carbocycles. The molecule has 0 saturated heterocycles. The van der Waals surface area contributed by atoms with E-state index in [1.165, 1.54) is 13.2 Å². The number of benzene rings is 2. The Hall–Kier alpha value is -1.65. The van der Waals surface area contributed by atoms with Crippen LogP contribution in [0.3, 0.4) is 0 Å². The Morgan fingerprint density at radius 2 is 1.84 bits per heavy atom. The minimum Gasteiger partial charge on any atom is -0.496 e. The topological polar surface area (TPSA) is 29.5 Å². The molecule has 2 nitrogen and oxygen atoms in total. The first-order valence-electron chi connectivity index (χ1n) is 5.49. The van der Waals surface area contributed by atoms with Gasteiger partial charge in [0.25, 0.3) is 0 Å². The van der Waals surface area contributed by atoms with Gasteiger partial charge in [0.1, 0.15) is 11.9 Å². The van der Waals surface area contributed by atoms with E-state index >= 15 is 0 Å². The molecule has 0 bridgehead atoms. The van der Waals surface area contributed by atoms with Crippen molar-refractivity contribution in [1.82, 2.24) is 0 Å². The average molecular weight is 285 g/mol. The van der Waals surface area contributed by atoms with E-state index in [1.807, 2.05) is 0 Å². The zero-order chi connectivity index (χ0) is 14.0. The fourth-order valence-electron chi connectivity index (χ4n) is 1.77. The minimum atomic E-state index is -1.12. The summed E-state index contributed by atoms with van der Waals surface area (Å²) in [7, 11) is 1.44. The lowest BCUT2D eigenvalue weighted by molar-refractivity contribution is 0.214. The lowest BCUT2D eigenvalue weighted by Crippen LogP contribution is -2.03. The van der Waals surface area contributed by atoms with Gasteiger partial charge in [-0.25, -0.2) is 8.78 Å². The smallest absolute Gasteiger partial charge is 0.159 e. The summed E-state index contributed by atoms with van der Waals surface area (Å²) in [6.45, 7) is 0. The number of hydrogen-bond acceptors (Lipinski definition) is 2. The first-order chi connectivity index (χ1) is 9.02. The second-order valence-corrected chi connectivity index (χ2v) is 4.40. The van der Waals surface area contributed by atoms with Crippen LogP contribution < -0.4 is 4.74 Å². The third-order valence-corrected chi connectivity index (χ3v) is 2.98. The monoisotopic (exact) mass is 284 g/mol. The number of aliphatic hydroxyl groups excluding tert-OH is 1. The maximum atomic E-state index is 13.2. The summed E-state index contributed by atoms with van der Waals surface area (Å²) in [5, 5.41) is 10.7. The molecule has 0 aliphatic carbocycles. The molecule has 19 heavy (non-hydrogen) atoms. The predicted octanol–water partition coefficient (Wildman–Crippen LogP) is 3.71. The van der Waals surface area contributed by atoms with Crippen LogP contribution in [-0.4, -0.2) is 12.2 Å². The predicted molar refractivity (Wildman–Crippen MR) is 68.4 cm³/mol. The summed E-state index contributed by atoms with van der Waals surface area (Å²) in [5.74, 6) is -1.59. The van der Waals surface area contributed by atoms with E-state index in [0.29, 0.717) is 16.3 Å². The SMILES string of the molecule is COc1cc(Cl)ccc1C(O)c1ccc(F)c(F)c1. The molecule has 0 spiro atoms. The first kappa shape index (κ1) is 13.8. The third-order valence-electron chi connectivity index (χ3n) is 2.75. The van der Waals surface area contributed by atoms with Gasteiger partial charge < -0.3 is 9.84 Å². The molecule has 100 valence electrons. The lowest BCUT2D eigenvalue weighted by atomic mass is 10.0. The summed E-state index contributed by atoms with van der Waals surface area (Å²) in [6, 6.07) is 7.94. The highest BCUT2D eigenvalue weighted by Gasteiger charge is 2.17. The molecule has 0 saturated carbocycles. The molecule has 0 fully saturated rings. The third kappa shape index (κ3) is 2.85. The molecule has 5 heteroatoms. The first-order valence-corrected chi connectivity index (χ1v) is 5.87. The molecule has 1 unspecified atom stereocenters. The standard InChI is InChI=1S/C14H11ClF2O2/c1-19-13-7-9(15)3-4-10(13)14(18)8-2-5-11(16)12(17)6-8/h2-7,14,18H,1H3. The number of ether oxygens (including phenoxy) is 1. The van der Waals surface area contributed by atoms with Crippen molar-refractivity contribution in [1.29, 1.82) is 0 Å². The highest BCUT2D eigenvalue weighted by atomic mass is 35.5. The highest BCUT2D eigenvalue weighted by molar-refractivity contribution is 6.30. The Bertz CT molecular complexity index is 602.